The molecule has 0 aliphatic carbocycles. The van der Waals surface area contributed by atoms with Crippen molar-refractivity contribution in [3.63, 3.8) is 0 Å². The fourth-order valence-electron chi connectivity index (χ4n) is 1.86. The molecule has 0 aromatic heterocycles. The van der Waals surface area contributed by atoms with E-state index in [4.69, 9.17) is 4.74 Å². The molecule has 0 aromatic carbocycles. The van der Waals surface area contributed by atoms with Crippen molar-refractivity contribution in [3.8, 4) is 0 Å². The monoisotopic (exact) mass is 228 g/mol. The van der Waals surface area contributed by atoms with Gasteiger partial charge in [-0.1, -0.05) is 6.92 Å². The number of carbonyl (C=O) groups excluding carboxylic acids is 1. The minimum Gasteiger partial charge on any atom is -0.381 e. The first-order valence-electron chi connectivity index (χ1n) is 6.40. The van der Waals surface area contributed by atoms with Crippen molar-refractivity contribution in [2.75, 3.05) is 32.8 Å². The summed E-state index contributed by atoms with van der Waals surface area (Å²) >= 11 is 0. The molecule has 0 spiro atoms. The normalized spacial score (nSPS) is 17.3. The Kier molecular flexibility index (Phi) is 7.17. The summed E-state index contributed by atoms with van der Waals surface area (Å²) in [6.07, 6.45) is 3.91. The number of hydrogen-bond acceptors (Lipinski definition) is 3. The van der Waals surface area contributed by atoms with E-state index in [0.717, 1.165) is 58.5 Å². The van der Waals surface area contributed by atoms with Crippen molar-refractivity contribution < 1.29 is 9.53 Å². The van der Waals surface area contributed by atoms with Gasteiger partial charge < -0.3 is 15.4 Å². The standard InChI is InChI=1S/C12H24N2O2/c1-2-9-16-10-3-6-14-12(15)11-4-7-13-8-5-11/h11,13H,2-10H2,1H3,(H,14,15). The second-order valence-electron chi connectivity index (χ2n) is 4.28. The molecule has 4 heteroatoms. The summed E-state index contributed by atoms with van der Waals surface area (Å²) in [6.45, 7) is 6.35. The van der Waals surface area contributed by atoms with Gasteiger partial charge in [0.15, 0.2) is 0 Å². The number of piperidine rings is 1. The maximum atomic E-state index is 11.7. The van der Waals surface area contributed by atoms with Crippen LogP contribution in [0.5, 0.6) is 0 Å². The zero-order chi connectivity index (χ0) is 11.6. The van der Waals surface area contributed by atoms with Crippen molar-refractivity contribution in [3.05, 3.63) is 0 Å². The molecule has 4 nitrogen and oxygen atoms in total. The molecule has 0 atom stereocenters. The van der Waals surface area contributed by atoms with Crippen LogP contribution in [-0.2, 0) is 9.53 Å². The van der Waals surface area contributed by atoms with Crippen molar-refractivity contribution in [1.29, 1.82) is 0 Å². The molecule has 94 valence electrons. The number of amides is 1. The smallest absolute Gasteiger partial charge is 0.223 e. The van der Waals surface area contributed by atoms with Gasteiger partial charge in [-0.05, 0) is 38.8 Å². The number of nitrogens with one attached hydrogen (secondary N) is 2. The Morgan fingerprint density at radius 1 is 1.38 bits per heavy atom. The average molecular weight is 228 g/mol. The number of carbonyl (C=O) groups is 1. The number of hydrogen-bond donors (Lipinski definition) is 2. The summed E-state index contributed by atoms with van der Waals surface area (Å²) in [4.78, 5) is 11.7. The van der Waals surface area contributed by atoms with Gasteiger partial charge in [0, 0.05) is 25.7 Å². The molecular weight excluding hydrogens is 204 g/mol. The zero-order valence-corrected chi connectivity index (χ0v) is 10.3. The van der Waals surface area contributed by atoms with Crippen LogP contribution in [0.4, 0.5) is 0 Å². The SMILES string of the molecule is CCCOCCCNC(=O)C1CCNCC1. The Bertz CT molecular complexity index is 191. The van der Waals surface area contributed by atoms with Crippen LogP contribution in [0.3, 0.4) is 0 Å². The Labute approximate surface area is 98.1 Å². The van der Waals surface area contributed by atoms with Gasteiger partial charge in [0.1, 0.15) is 0 Å². The van der Waals surface area contributed by atoms with Gasteiger partial charge in [-0.2, -0.15) is 0 Å². The Hall–Kier alpha value is -0.610. The van der Waals surface area contributed by atoms with E-state index in [1.807, 2.05) is 0 Å². The topological polar surface area (TPSA) is 50.4 Å². The first-order chi connectivity index (χ1) is 7.84. The van der Waals surface area contributed by atoms with Gasteiger partial charge in [-0.3, -0.25) is 4.79 Å². The fourth-order valence-corrected chi connectivity index (χ4v) is 1.86. The highest BCUT2D eigenvalue weighted by Crippen LogP contribution is 2.10. The van der Waals surface area contributed by atoms with E-state index < -0.39 is 0 Å². The molecule has 16 heavy (non-hydrogen) atoms. The van der Waals surface area contributed by atoms with Gasteiger partial charge in [-0.15, -0.1) is 0 Å². The molecule has 0 saturated carbocycles. The van der Waals surface area contributed by atoms with E-state index in [1.54, 1.807) is 0 Å². The largest absolute Gasteiger partial charge is 0.381 e. The van der Waals surface area contributed by atoms with Crippen molar-refractivity contribution in [1.82, 2.24) is 10.6 Å². The lowest BCUT2D eigenvalue weighted by Crippen LogP contribution is -2.38. The zero-order valence-electron chi connectivity index (χ0n) is 10.3. The molecule has 1 saturated heterocycles. The third kappa shape index (κ3) is 5.47. The van der Waals surface area contributed by atoms with Crippen LogP contribution < -0.4 is 10.6 Å². The summed E-state index contributed by atoms with van der Waals surface area (Å²) in [6, 6.07) is 0. The predicted octanol–water partition coefficient (Wildman–Crippen LogP) is 0.919. The highest BCUT2D eigenvalue weighted by Gasteiger charge is 2.19. The van der Waals surface area contributed by atoms with Crippen LogP contribution in [0.2, 0.25) is 0 Å². The molecule has 0 unspecified atom stereocenters. The molecule has 1 fully saturated rings. The summed E-state index contributed by atoms with van der Waals surface area (Å²) in [5.74, 6) is 0.440. The van der Waals surface area contributed by atoms with Crippen LogP contribution in [0, 0.1) is 5.92 Å². The van der Waals surface area contributed by atoms with Gasteiger partial charge in [0.2, 0.25) is 5.91 Å². The lowest BCUT2D eigenvalue weighted by Gasteiger charge is -2.21. The van der Waals surface area contributed by atoms with Crippen LogP contribution in [0.25, 0.3) is 0 Å². The highest BCUT2D eigenvalue weighted by atomic mass is 16.5. The molecule has 0 aromatic rings. The van der Waals surface area contributed by atoms with E-state index >= 15 is 0 Å². The van der Waals surface area contributed by atoms with Crippen molar-refractivity contribution in [2.45, 2.75) is 32.6 Å². The van der Waals surface area contributed by atoms with Crippen LogP contribution in [0.1, 0.15) is 32.6 Å². The van der Waals surface area contributed by atoms with Gasteiger partial charge in [-0.25, -0.2) is 0 Å². The quantitative estimate of drug-likeness (QED) is 0.637. The number of rotatable bonds is 7. The second-order valence-corrected chi connectivity index (χ2v) is 4.28. The molecule has 1 aliphatic heterocycles. The summed E-state index contributed by atoms with van der Waals surface area (Å²) < 4.78 is 5.35. The summed E-state index contributed by atoms with van der Waals surface area (Å²) in [5, 5.41) is 6.24. The molecular formula is C12H24N2O2. The molecule has 0 radical (unpaired) electrons. The first kappa shape index (κ1) is 13.5. The third-order valence-corrected chi connectivity index (χ3v) is 2.82. The molecule has 2 N–H and O–H groups in total. The fraction of sp³-hybridized carbons (Fsp3) is 0.917. The predicted molar refractivity (Wildman–Crippen MR) is 64.3 cm³/mol. The Morgan fingerprint density at radius 2 is 2.12 bits per heavy atom. The molecule has 1 aliphatic rings. The minimum absolute atomic E-state index is 0.219. The van der Waals surface area contributed by atoms with Crippen LogP contribution in [-0.4, -0.2) is 38.8 Å². The van der Waals surface area contributed by atoms with E-state index in [1.165, 1.54) is 0 Å². The maximum Gasteiger partial charge on any atom is 0.223 e. The molecule has 0 bridgehead atoms. The van der Waals surface area contributed by atoms with Crippen molar-refractivity contribution in [2.24, 2.45) is 5.92 Å². The first-order valence-corrected chi connectivity index (χ1v) is 6.40. The van der Waals surface area contributed by atoms with Gasteiger partial charge in [0.05, 0.1) is 0 Å². The van der Waals surface area contributed by atoms with Crippen LogP contribution in [0.15, 0.2) is 0 Å². The lowest BCUT2D eigenvalue weighted by molar-refractivity contribution is -0.125. The van der Waals surface area contributed by atoms with Crippen molar-refractivity contribution >= 4 is 5.91 Å². The maximum absolute atomic E-state index is 11.7. The Morgan fingerprint density at radius 3 is 2.81 bits per heavy atom. The molecule has 1 heterocycles. The second kappa shape index (κ2) is 8.53. The highest BCUT2D eigenvalue weighted by molar-refractivity contribution is 5.78. The Balaban J connectivity index is 1.97. The summed E-state index contributed by atoms with van der Waals surface area (Å²) in [7, 11) is 0. The van der Waals surface area contributed by atoms with Crippen LogP contribution >= 0.6 is 0 Å². The van der Waals surface area contributed by atoms with Gasteiger partial charge >= 0.3 is 0 Å². The van der Waals surface area contributed by atoms with E-state index in [0.29, 0.717) is 0 Å². The summed E-state index contributed by atoms with van der Waals surface area (Å²) in [5.41, 5.74) is 0. The van der Waals surface area contributed by atoms with E-state index in [9.17, 15) is 4.79 Å². The lowest BCUT2D eigenvalue weighted by atomic mass is 9.97. The van der Waals surface area contributed by atoms with Gasteiger partial charge in [0.25, 0.3) is 0 Å². The minimum atomic E-state index is 0.219. The number of ether oxygens (including phenoxy) is 1. The van der Waals surface area contributed by atoms with E-state index in [-0.39, 0.29) is 11.8 Å². The third-order valence-electron chi connectivity index (χ3n) is 2.82. The van der Waals surface area contributed by atoms with E-state index in [2.05, 4.69) is 17.6 Å². The molecule has 1 amide bonds. The average Bonchev–Trinajstić information content (AvgIpc) is 2.34. The molecule has 1 rings (SSSR count).